The first-order valence-electron chi connectivity index (χ1n) is 10.6. The molecule has 0 aromatic heterocycles. The second-order valence-electron chi connectivity index (χ2n) is 7.69. The van der Waals surface area contributed by atoms with Gasteiger partial charge in [-0.1, -0.05) is 98.7 Å². The van der Waals surface area contributed by atoms with Gasteiger partial charge in [0.15, 0.2) is 0 Å². The van der Waals surface area contributed by atoms with Gasteiger partial charge < -0.3 is 5.11 Å². The fraction of sp³-hybridized carbons (Fsp3) is 0.538. The molecule has 0 radical (unpaired) electrons. The third-order valence-electron chi connectivity index (χ3n) is 3.30. The molecule has 1 heteroatoms. The first-order chi connectivity index (χ1) is 12.8. The lowest BCUT2D eigenvalue weighted by atomic mass is 10.0. The highest BCUT2D eigenvalue weighted by molar-refractivity contribution is 5.26. The molecule has 0 heterocycles. The van der Waals surface area contributed by atoms with Gasteiger partial charge in [-0.3, -0.25) is 0 Å². The number of benzene rings is 2. The van der Waals surface area contributed by atoms with Crippen molar-refractivity contribution in [2.45, 2.75) is 88.0 Å². The molecule has 1 nitrogen and oxygen atoms in total. The fourth-order valence-corrected chi connectivity index (χ4v) is 2.10. The van der Waals surface area contributed by atoms with Crippen molar-refractivity contribution in [1.29, 1.82) is 0 Å². The van der Waals surface area contributed by atoms with Gasteiger partial charge in [-0.15, -0.1) is 0 Å². The lowest BCUT2D eigenvalue weighted by Gasteiger charge is -2.05. The molecule has 0 spiro atoms. The van der Waals surface area contributed by atoms with E-state index in [1.54, 1.807) is 12.1 Å². The Kier molecular flexibility index (Phi) is 16.7. The average Bonchev–Trinajstić information content (AvgIpc) is 2.66. The topological polar surface area (TPSA) is 20.2 Å². The van der Waals surface area contributed by atoms with Crippen LogP contribution >= 0.6 is 0 Å². The number of aromatic hydroxyl groups is 1. The van der Waals surface area contributed by atoms with E-state index >= 15 is 0 Å². The molecule has 2 rings (SSSR count). The molecule has 0 aliphatic carbocycles. The van der Waals surface area contributed by atoms with Crippen LogP contribution < -0.4 is 0 Å². The highest BCUT2D eigenvalue weighted by Crippen LogP contribution is 2.13. The Morgan fingerprint density at radius 3 is 1.26 bits per heavy atom. The third-order valence-corrected chi connectivity index (χ3v) is 3.30. The number of hydrogen-bond acceptors (Lipinski definition) is 1. The molecule has 0 aliphatic heterocycles. The minimum atomic E-state index is 0.342. The molecule has 0 fully saturated rings. The van der Waals surface area contributed by atoms with Gasteiger partial charge in [0, 0.05) is 0 Å². The normalized spacial score (nSPS) is 9.67. The lowest BCUT2D eigenvalue weighted by molar-refractivity contribution is 0.469. The Bertz CT molecular complexity index is 538. The predicted molar refractivity (Wildman–Crippen MR) is 124 cm³/mol. The zero-order valence-corrected chi connectivity index (χ0v) is 19.4. The summed E-state index contributed by atoms with van der Waals surface area (Å²) in [6.07, 6.45) is 4.44. The van der Waals surface area contributed by atoms with Gasteiger partial charge in [0.25, 0.3) is 0 Å². The Morgan fingerprint density at radius 1 is 0.630 bits per heavy atom. The van der Waals surface area contributed by atoms with Crippen molar-refractivity contribution in [3.8, 4) is 5.75 Å². The monoisotopic (exact) mass is 372 g/mol. The molecular formula is C26H44O. The molecule has 0 saturated carbocycles. The maximum atomic E-state index is 9.21. The van der Waals surface area contributed by atoms with Gasteiger partial charge in [0.05, 0.1) is 0 Å². The molecule has 27 heavy (non-hydrogen) atoms. The zero-order chi connectivity index (χ0) is 21.3. The van der Waals surface area contributed by atoms with Gasteiger partial charge in [-0.25, -0.2) is 0 Å². The van der Waals surface area contributed by atoms with E-state index in [4.69, 9.17) is 0 Å². The van der Waals surface area contributed by atoms with E-state index < -0.39 is 0 Å². The Balaban J connectivity index is 0. The maximum Gasteiger partial charge on any atom is 0.115 e. The van der Waals surface area contributed by atoms with E-state index in [1.165, 1.54) is 16.7 Å². The lowest BCUT2D eigenvalue weighted by Crippen LogP contribution is -1.93. The molecule has 0 aliphatic rings. The minimum Gasteiger partial charge on any atom is -0.508 e. The van der Waals surface area contributed by atoms with E-state index in [0.717, 1.165) is 25.7 Å². The van der Waals surface area contributed by atoms with Crippen molar-refractivity contribution in [1.82, 2.24) is 0 Å². The summed E-state index contributed by atoms with van der Waals surface area (Å²) < 4.78 is 0. The molecule has 2 aromatic rings. The Labute approximate surface area is 169 Å². The second-order valence-corrected chi connectivity index (χ2v) is 7.69. The first kappa shape index (κ1) is 27.5. The molecule has 0 unspecified atom stereocenters. The number of aryl methyl sites for hydroxylation is 3. The van der Waals surface area contributed by atoms with Crippen LogP contribution in [0.1, 0.15) is 85.4 Å². The van der Waals surface area contributed by atoms with Crippen molar-refractivity contribution >= 4 is 0 Å². The second kappa shape index (κ2) is 16.4. The summed E-state index contributed by atoms with van der Waals surface area (Å²) in [6, 6.07) is 16.4. The van der Waals surface area contributed by atoms with Crippen molar-refractivity contribution in [2.24, 2.45) is 5.41 Å². The van der Waals surface area contributed by atoms with Crippen molar-refractivity contribution < 1.29 is 5.11 Å². The Morgan fingerprint density at radius 2 is 0.926 bits per heavy atom. The Hall–Kier alpha value is -1.76. The highest BCUT2D eigenvalue weighted by Gasteiger charge is 1.97. The van der Waals surface area contributed by atoms with Gasteiger partial charge in [-0.2, -0.15) is 0 Å². The van der Waals surface area contributed by atoms with Crippen LogP contribution in [0.2, 0.25) is 0 Å². The standard InChI is InChI=1S/C17H20O.C5H12.2C2H6/c1-2-14-6-8-15(9-7-14)4-3-5-16-10-12-17(18)13-11-16;1-5(2,3)4;2*1-2/h6-13,18H,2-5H2,1H3;1-4H3;2*1-2H3. The number of phenolic OH excluding ortho intramolecular Hbond substituents is 1. The maximum absolute atomic E-state index is 9.21. The largest absolute Gasteiger partial charge is 0.508 e. The summed E-state index contributed by atoms with van der Waals surface area (Å²) in [4.78, 5) is 0. The zero-order valence-electron chi connectivity index (χ0n) is 19.4. The molecular weight excluding hydrogens is 328 g/mol. The molecule has 0 bridgehead atoms. The van der Waals surface area contributed by atoms with Crippen LogP contribution in [-0.4, -0.2) is 5.11 Å². The number of phenols is 1. The summed E-state index contributed by atoms with van der Waals surface area (Å²) >= 11 is 0. The van der Waals surface area contributed by atoms with E-state index in [2.05, 4.69) is 58.9 Å². The summed E-state index contributed by atoms with van der Waals surface area (Å²) in [5.74, 6) is 0.342. The quantitative estimate of drug-likeness (QED) is 0.560. The van der Waals surface area contributed by atoms with Gasteiger partial charge in [0.1, 0.15) is 5.75 Å². The number of hydrogen-bond donors (Lipinski definition) is 1. The smallest absolute Gasteiger partial charge is 0.115 e. The van der Waals surface area contributed by atoms with Crippen molar-refractivity contribution in [3.05, 3.63) is 65.2 Å². The minimum absolute atomic E-state index is 0.342. The van der Waals surface area contributed by atoms with E-state index in [1.807, 2.05) is 39.8 Å². The SMILES string of the molecule is CC.CC.CC(C)(C)C.CCc1ccc(CCCc2ccc(O)cc2)cc1. The van der Waals surface area contributed by atoms with Crippen LogP contribution in [0.5, 0.6) is 5.75 Å². The van der Waals surface area contributed by atoms with Gasteiger partial charge >= 0.3 is 0 Å². The summed E-state index contributed by atoms with van der Waals surface area (Å²) in [5, 5.41) is 9.21. The predicted octanol–water partition coefficient (Wildman–Crippen LogP) is 8.23. The van der Waals surface area contributed by atoms with Gasteiger partial charge in [0.2, 0.25) is 0 Å². The molecule has 0 amide bonds. The van der Waals surface area contributed by atoms with Crippen LogP contribution in [0, 0.1) is 5.41 Å². The molecule has 0 atom stereocenters. The van der Waals surface area contributed by atoms with Gasteiger partial charge in [-0.05, 0) is 59.9 Å². The molecule has 1 N–H and O–H groups in total. The van der Waals surface area contributed by atoms with Crippen LogP contribution in [0.15, 0.2) is 48.5 Å². The van der Waals surface area contributed by atoms with Crippen LogP contribution in [0.3, 0.4) is 0 Å². The third kappa shape index (κ3) is 17.4. The summed E-state index contributed by atoms with van der Waals surface area (Å²) in [5.41, 5.74) is 4.60. The van der Waals surface area contributed by atoms with E-state index in [-0.39, 0.29) is 0 Å². The van der Waals surface area contributed by atoms with Crippen molar-refractivity contribution in [3.63, 3.8) is 0 Å². The van der Waals surface area contributed by atoms with Crippen LogP contribution in [0.4, 0.5) is 0 Å². The van der Waals surface area contributed by atoms with Crippen LogP contribution in [-0.2, 0) is 19.3 Å². The van der Waals surface area contributed by atoms with E-state index in [0.29, 0.717) is 11.2 Å². The molecule has 0 saturated heterocycles. The molecule has 2 aromatic carbocycles. The average molecular weight is 373 g/mol. The molecule has 154 valence electrons. The highest BCUT2D eigenvalue weighted by atomic mass is 16.3. The van der Waals surface area contributed by atoms with Crippen molar-refractivity contribution in [2.75, 3.05) is 0 Å². The van der Waals surface area contributed by atoms with Crippen LogP contribution in [0.25, 0.3) is 0 Å². The first-order valence-corrected chi connectivity index (χ1v) is 10.6. The number of rotatable bonds is 5. The summed E-state index contributed by atoms with van der Waals surface area (Å²) in [7, 11) is 0. The fourth-order valence-electron chi connectivity index (χ4n) is 2.10. The summed E-state index contributed by atoms with van der Waals surface area (Å²) in [6.45, 7) is 18.9. The van der Waals surface area contributed by atoms with E-state index in [9.17, 15) is 5.11 Å².